The number of carboxylic acid groups (broad SMARTS) is 1. The number of thiocarbonyl (C=S) groups is 1. The monoisotopic (exact) mass is 442 g/mol. The van der Waals surface area contributed by atoms with Gasteiger partial charge < -0.3 is 15.3 Å². The number of hydrogen-bond acceptors (Lipinski definition) is 2. The van der Waals surface area contributed by atoms with E-state index in [1.807, 2.05) is 37.3 Å². The first kappa shape index (κ1) is 22.3. The molecule has 0 aliphatic heterocycles. The number of aliphatic carboxylic acids is 1. The van der Waals surface area contributed by atoms with Gasteiger partial charge in [0.05, 0.1) is 5.92 Å². The molecule has 0 saturated carbocycles. The highest BCUT2D eigenvalue weighted by molar-refractivity contribution is 7.80. The molecule has 0 bridgehead atoms. The van der Waals surface area contributed by atoms with Crippen molar-refractivity contribution in [1.29, 1.82) is 0 Å². The SMILES string of the molecule is Cc1cc(NC(=S)N(CC2=CCC(C(=O)O)CC2)Cc2ccccc2C)ccc1Cl. The Kier molecular flexibility index (Phi) is 7.51. The topological polar surface area (TPSA) is 52.6 Å². The predicted molar refractivity (Wildman–Crippen MR) is 127 cm³/mol. The van der Waals surface area contributed by atoms with Crippen molar-refractivity contribution in [2.24, 2.45) is 5.92 Å². The van der Waals surface area contributed by atoms with Gasteiger partial charge in [-0.3, -0.25) is 4.79 Å². The molecule has 1 aliphatic rings. The summed E-state index contributed by atoms with van der Waals surface area (Å²) >= 11 is 11.9. The summed E-state index contributed by atoms with van der Waals surface area (Å²) < 4.78 is 0. The lowest BCUT2D eigenvalue weighted by Gasteiger charge is -2.29. The second kappa shape index (κ2) is 10.1. The molecule has 2 N–H and O–H groups in total. The van der Waals surface area contributed by atoms with Crippen LogP contribution in [0.25, 0.3) is 0 Å². The van der Waals surface area contributed by atoms with E-state index in [0.29, 0.717) is 31.0 Å². The van der Waals surface area contributed by atoms with E-state index in [1.165, 1.54) is 16.7 Å². The van der Waals surface area contributed by atoms with Crippen molar-refractivity contribution in [2.75, 3.05) is 11.9 Å². The first-order chi connectivity index (χ1) is 14.3. The van der Waals surface area contributed by atoms with Crippen LogP contribution < -0.4 is 5.32 Å². The van der Waals surface area contributed by atoms with E-state index in [-0.39, 0.29) is 5.92 Å². The summed E-state index contributed by atoms with van der Waals surface area (Å²) in [6.07, 6.45) is 4.11. The van der Waals surface area contributed by atoms with Crippen LogP contribution in [0.5, 0.6) is 0 Å². The fraction of sp³-hybridized carbons (Fsp3) is 0.333. The Hall–Kier alpha value is -2.37. The molecule has 1 unspecified atom stereocenters. The molecule has 0 radical (unpaired) electrons. The predicted octanol–water partition coefficient (Wildman–Crippen LogP) is 5.97. The lowest BCUT2D eigenvalue weighted by atomic mass is 9.89. The fourth-order valence-corrected chi connectivity index (χ4v) is 3.98. The average Bonchev–Trinajstić information content (AvgIpc) is 2.72. The molecule has 0 spiro atoms. The van der Waals surface area contributed by atoms with E-state index in [0.717, 1.165) is 22.7 Å². The number of allylic oxidation sites excluding steroid dienone is 1. The van der Waals surface area contributed by atoms with Gasteiger partial charge in [0.15, 0.2) is 5.11 Å². The zero-order valence-corrected chi connectivity index (χ0v) is 18.9. The number of halogens is 1. The molecule has 158 valence electrons. The Morgan fingerprint density at radius 3 is 2.60 bits per heavy atom. The first-order valence-corrected chi connectivity index (χ1v) is 10.9. The average molecular weight is 443 g/mol. The Morgan fingerprint density at radius 1 is 1.20 bits per heavy atom. The van der Waals surface area contributed by atoms with Crippen LogP contribution in [0, 0.1) is 19.8 Å². The Bertz CT molecular complexity index is 973. The van der Waals surface area contributed by atoms with Gasteiger partial charge in [-0.1, -0.05) is 47.5 Å². The minimum atomic E-state index is -0.711. The van der Waals surface area contributed by atoms with Crippen LogP contribution in [-0.4, -0.2) is 27.6 Å². The smallest absolute Gasteiger partial charge is 0.306 e. The van der Waals surface area contributed by atoms with Gasteiger partial charge in [0, 0.05) is 23.8 Å². The Labute approximate surface area is 188 Å². The molecule has 30 heavy (non-hydrogen) atoms. The summed E-state index contributed by atoms with van der Waals surface area (Å²) in [4.78, 5) is 13.4. The number of carboxylic acids is 1. The molecule has 3 rings (SSSR count). The fourth-order valence-electron chi connectivity index (χ4n) is 3.62. The van der Waals surface area contributed by atoms with Crippen molar-refractivity contribution in [3.63, 3.8) is 0 Å². The van der Waals surface area contributed by atoms with Gasteiger partial charge in [0.25, 0.3) is 0 Å². The van der Waals surface area contributed by atoms with Crippen LogP contribution in [-0.2, 0) is 11.3 Å². The summed E-state index contributed by atoms with van der Waals surface area (Å²) in [6, 6.07) is 14.1. The molecular weight excluding hydrogens is 416 g/mol. The van der Waals surface area contributed by atoms with Gasteiger partial charge in [-0.05, 0) is 80.2 Å². The minimum Gasteiger partial charge on any atom is -0.481 e. The zero-order chi connectivity index (χ0) is 21.7. The standard InChI is InChI=1S/C24H27ClN2O2S/c1-16-5-3-4-6-20(16)15-27(14-18-7-9-19(10-8-18)23(28)29)24(30)26-21-11-12-22(25)17(2)13-21/h3-7,11-13,19H,8-10,14-15H2,1-2H3,(H,26,30)(H,28,29). The number of aryl methyl sites for hydroxylation is 2. The summed E-state index contributed by atoms with van der Waals surface area (Å²) in [6.45, 7) is 5.43. The van der Waals surface area contributed by atoms with Crippen LogP contribution in [0.2, 0.25) is 5.02 Å². The lowest BCUT2D eigenvalue weighted by molar-refractivity contribution is -0.141. The van der Waals surface area contributed by atoms with Crippen molar-refractivity contribution < 1.29 is 9.90 Å². The number of anilines is 1. The zero-order valence-electron chi connectivity index (χ0n) is 17.3. The second-order valence-electron chi connectivity index (χ2n) is 7.85. The highest BCUT2D eigenvalue weighted by atomic mass is 35.5. The third kappa shape index (κ3) is 5.83. The van der Waals surface area contributed by atoms with Gasteiger partial charge >= 0.3 is 5.97 Å². The molecule has 1 aliphatic carbocycles. The van der Waals surface area contributed by atoms with Crippen LogP contribution in [0.1, 0.15) is 36.0 Å². The Morgan fingerprint density at radius 2 is 1.97 bits per heavy atom. The first-order valence-electron chi connectivity index (χ1n) is 10.1. The van der Waals surface area contributed by atoms with E-state index in [1.54, 1.807) is 0 Å². The molecule has 0 saturated heterocycles. The molecule has 6 heteroatoms. The molecule has 0 aromatic heterocycles. The van der Waals surface area contributed by atoms with E-state index in [9.17, 15) is 9.90 Å². The number of hydrogen-bond donors (Lipinski definition) is 2. The largest absolute Gasteiger partial charge is 0.481 e. The van der Waals surface area contributed by atoms with Gasteiger partial charge in [-0.2, -0.15) is 0 Å². The summed E-state index contributed by atoms with van der Waals surface area (Å²) in [7, 11) is 0. The summed E-state index contributed by atoms with van der Waals surface area (Å²) in [5.74, 6) is -0.988. The van der Waals surface area contributed by atoms with E-state index in [2.05, 4.69) is 35.3 Å². The molecule has 2 aromatic rings. The maximum Gasteiger partial charge on any atom is 0.306 e. The molecule has 2 aromatic carbocycles. The number of benzene rings is 2. The van der Waals surface area contributed by atoms with E-state index >= 15 is 0 Å². The van der Waals surface area contributed by atoms with Crippen molar-refractivity contribution in [2.45, 2.75) is 39.7 Å². The molecule has 0 fully saturated rings. The quantitative estimate of drug-likeness (QED) is 0.426. The normalized spacial score (nSPS) is 16.0. The molecule has 4 nitrogen and oxygen atoms in total. The highest BCUT2D eigenvalue weighted by Gasteiger charge is 2.22. The highest BCUT2D eigenvalue weighted by Crippen LogP contribution is 2.26. The van der Waals surface area contributed by atoms with Gasteiger partial charge in [0.2, 0.25) is 0 Å². The lowest BCUT2D eigenvalue weighted by Crippen LogP contribution is -2.36. The van der Waals surface area contributed by atoms with Gasteiger partial charge in [-0.15, -0.1) is 0 Å². The number of nitrogens with one attached hydrogen (secondary N) is 1. The summed E-state index contributed by atoms with van der Waals surface area (Å²) in [5, 5.41) is 14.0. The number of rotatable bonds is 6. The van der Waals surface area contributed by atoms with Crippen molar-refractivity contribution in [3.05, 3.63) is 75.8 Å². The van der Waals surface area contributed by atoms with Gasteiger partial charge in [0.1, 0.15) is 0 Å². The maximum atomic E-state index is 11.2. The number of carbonyl (C=O) groups is 1. The summed E-state index contributed by atoms with van der Waals surface area (Å²) in [5.41, 5.74) is 5.56. The Balaban J connectivity index is 1.78. The molecule has 1 atom stereocenters. The van der Waals surface area contributed by atoms with E-state index in [4.69, 9.17) is 23.8 Å². The van der Waals surface area contributed by atoms with Crippen LogP contribution in [0.15, 0.2) is 54.1 Å². The minimum absolute atomic E-state index is 0.277. The molecule has 0 heterocycles. The van der Waals surface area contributed by atoms with Crippen molar-refractivity contribution in [3.8, 4) is 0 Å². The van der Waals surface area contributed by atoms with Crippen LogP contribution in [0.3, 0.4) is 0 Å². The number of nitrogens with zero attached hydrogens (tertiary/aromatic N) is 1. The second-order valence-corrected chi connectivity index (χ2v) is 8.64. The molecular formula is C24H27ClN2O2S. The van der Waals surface area contributed by atoms with Crippen LogP contribution >= 0.6 is 23.8 Å². The third-order valence-electron chi connectivity index (χ3n) is 5.57. The van der Waals surface area contributed by atoms with Crippen molar-refractivity contribution >= 4 is 40.6 Å². The van der Waals surface area contributed by atoms with E-state index < -0.39 is 5.97 Å². The molecule has 0 amide bonds. The third-order valence-corrected chi connectivity index (χ3v) is 6.35. The maximum absolute atomic E-state index is 11.2. The van der Waals surface area contributed by atoms with Gasteiger partial charge in [-0.25, -0.2) is 0 Å². The van der Waals surface area contributed by atoms with Crippen molar-refractivity contribution in [1.82, 2.24) is 4.90 Å². The van der Waals surface area contributed by atoms with Crippen LogP contribution in [0.4, 0.5) is 5.69 Å².